The van der Waals surface area contributed by atoms with Gasteiger partial charge in [-0.05, 0) is 20.4 Å². The molecule has 1 atom stereocenters. The topological polar surface area (TPSA) is 104 Å². The monoisotopic (exact) mass is 263 g/mol. The molecule has 0 radical (unpaired) electrons. The number of Topliss-reactive ketones (excluding diaryl/α,β-unsaturated/α-hetero) is 1. The first-order valence-electron chi connectivity index (χ1n) is 6.03. The van der Waals surface area contributed by atoms with Gasteiger partial charge in [-0.3, -0.25) is 14.4 Å². The van der Waals surface area contributed by atoms with Crippen molar-refractivity contribution < 1.29 is 24.6 Å². The van der Waals surface area contributed by atoms with Crippen molar-refractivity contribution in [3.8, 4) is 0 Å². The van der Waals surface area contributed by atoms with Gasteiger partial charge >= 0.3 is 11.9 Å². The standard InChI is InChI=1S/C8H13NO5.2C2H6/c1-4(10)6(9-2)3-5(7(11)12)8(13)14;2*1-2/h5-6,9H,3H2,1-2H3,(H,11,12)(H,13,14);2*1-2H3. The highest BCUT2D eigenvalue weighted by atomic mass is 16.4. The van der Waals surface area contributed by atoms with Crippen LogP contribution < -0.4 is 5.32 Å². The van der Waals surface area contributed by atoms with Gasteiger partial charge in [-0.25, -0.2) is 0 Å². The van der Waals surface area contributed by atoms with Crippen molar-refractivity contribution in [1.29, 1.82) is 0 Å². The Morgan fingerprint density at radius 1 is 1.00 bits per heavy atom. The zero-order valence-corrected chi connectivity index (χ0v) is 12.0. The Bertz CT molecular complexity index is 239. The maximum atomic E-state index is 10.9. The lowest BCUT2D eigenvalue weighted by molar-refractivity contribution is -0.155. The highest BCUT2D eigenvalue weighted by Gasteiger charge is 2.30. The van der Waals surface area contributed by atoms with Crippen LogP contribution in [0, 0.1) is 5.92 Å². The SMILES string of the molecule is CC.CC.CNC(CC(C(=O)O)C(=O)O)C(C)=O. The fourth-order valence-corrected chi connectivity index (χ4v) is 1.03. The Morgan fingerprint density at radius 3 is 1.50 bits per heavy atom. The summed E-state index contributed by atoms with van der Waals surface area (Å²) < 4.78 is 0. The molecule has 0 saturated carbocycles. The summed E-state index contributed by atoms with van der Waals surface area (Å²) in [5.41, 5.74) is 0. The summed E-state index contributed by atoms with van der Waals surface area (Å²) in [7, 11) is 1.48. The van der Waals surface area contributed by atoms with Gasteiger partial charge in [0, 0.05) is 0 Å². The van der Waals surface area contributed by atoms with Gasteiger partial charge in [0.2, 0.25) is 0 Å². The summed E-state index contributed by atoms with van der Waals surface area (Å²) in [6.07, 6.45) is -0.240. The molecular weight excluding hydrogens is 238 g/mol. The Kier molecular flexibility index (Phi) is 16.5. The molecule has 0 rings (SSSR count). The summed E-state index contributed by atoms with van der Waals surface area (Å²) >= 11 is 0. The highest BCUT2D eigenvalue weighted by molar-refractivity contribution is 5.94. The molecule has 0 aliphatic carbocycles. The second kappa shape index (κ2) is 13.6. The van der Waals surface area contributed by atoms with Gasteiger partial charge in [0.1, 0.15) is 5.78 Å². The van der Waals surface area contributed by atoms with Gasteiger partial charge in [-0.2, -0.15) is 0 Å². The van der Waals surface area contributed by atoms with Crippen molar-refractivity contribution in [2.24, 2.45) is 5.92 Å². The average molecular weight is 263 g/mol. The van der Waals surface area contributed by atoms with Crippen LogP contribution in [0.4, 0.5) is 0 Å². The fourth-order valence-electron chi connectivity index (χ4n) is 1.03. The van der Waals surface area contributed by atoms with Crippen LogP contribution in [0.3, 0.4) is 0 Å². The zero-order chi connectivity index (χ0) is 15.3. The van der Waals surface area contributed by atoms with Gasteiger partial charge in [-0.1, -0.05) is 27.7 Å². The molecule has 6 nitrogen and oxygen atoms in total. The highest BCUT2D eigenvalue weighted by Crippen LogP contribution is 2.08. The van der Waals surface area contributed by atoms with E-state index in [0.29, 0.717) is 0 Å². The molecule has 3 N–H and O–H groups in total. The predicted molar refractivity (Wildman–Crippen MR) is 69.6 cm³/mol. The third-order valence-electron chi connectivity index (χ3n) is 1.91. The molecule has 0 fully saturated rings. The van der Waals surface area contributed by atoms with E-state index in [2.05, 4.69) is 5.32 Å². The van der Waals surface area contributed by atoms with Crippen LogP contribution in [0.2, 0.25) is 0 Å². The maximum absolute atomic E-state index is 10.9. The number of carboxylic acid groups (broad SMARTS) is 2. The van der Waals surface area contributed by atoms with E-state index in [1.54, 1.807) is 0 Å². The zero-order valence-electron chi connectivity index (χ0n) is 12.0. The molecule has 18 heavy (non-hydrogen) atoms. The fraction of sp³-hybridized carbons (Fsp3) is 0.750. The van der Waals surface area contributed by atoms with Crippen molar-refractivity contribution in [3.05, 3.63) is 0 Å². The molecule has 0 aromatic heterocycles. The Hall–Kier alpha value is -1.43. The quantitative estimate of drug-likeness (QED) is 0.626. The van der Waals surface area contributed by atoms with Gasteiger partial charge < -0.3 is 15.5 Å². The molecule has 0 bridgehead atoms. The van der Waals surface area contributed by atoms with Crippen molar-refractivity contribution in [3.63, 3.8) is 0 Å². The Morgan fingerprint density at radius 2 is 1.33 bits per heavy atom. The van der Waals surface area contributed by atoms with E-state index < -0.39 is 23.9 Å². The van der Waals surface area contributed by atoms with E-state index in [0.717, 1.165) is 0 Å². The molecule has 0 spiro atoms. The van der Waals surface area contributed by atoms with E-state index in [9.17, 15) is 14.4 Å². The van der Waals surface area contributed by atoms with Crippen LogP contribution in [-0.2, 0) is 14.4 Å². The average Bonchev–Trinajstić information content (AvgIpc) is 2.33. The van der Waals surface area contributed by atoms with Crippen molar-refractivity contribution in [1.82, 2.24) is 5.32 Å². The van der Waals surface area contributed by atoms with Crippen LogP contribution in [0.15, 0.2) is 0 Å². The predicted octanol–water partition coefficient (Wildman–Crippen LogP) is 1.39. The first-order chi connectivity index (χ1) is 8.40. The van der Waals surface area contributed by atoms with Gasteiger partial charge in [0.25, 0.3) is 0 Å². The third kappa shape index (κ3) is 9.77. The van der Waals surface area contributed by atoms with Crippen LogP contribution in [-0.4, -0.2) is 41.0 Å². The van der Waals surface area contributed by atoms with E-state index in [-0.39, 0.29) is 12.2 Å². The lowest BCUT2D eigenvalue weighted by Gasteiger charge is -2.15. The smallest absolute Gasteiger partial charge is 0.317 e. The molecule has 0 saturated heterocycles. The van der Waals surface area contributed by atoms with Crippen molar-refractivity contribution in [2.75, 3.05) is 7.05 Å². The first-order valence-corrected chi connectivity index (χ1v) is 6.03. The summed E-state index contributed by atoms with van der Waals surface area (Å²) in [5.74, 6) is -4.69. The summed E-state index contributed by atoms with van der Waals surface area (Å²) in [6, 6.07) is -0.729. The molecule has 108 valence electrons. The molecule has 0 heterocycles. The van der Waals surface area contributed by atoms with E-state index in [4.69, 9.17) is 10.2 Å². The second-order valence-corrected chi connectivity index (χ2v) is 2.92. The maximum Gasteiger partial charge on any atom is 0.317 e. The normalized spacial score (nSPS) is 10.4. The molecule has 0 aliphatic rings. The molecule has 6 heteroatoms. The number of hydrogen-bond acceptors (Lipinski definition) is 4. The molecule has 0 aromatic rings. The minimum Gasteiger partial charge on any atom is -0.481 e. The number of rotatable bonds is 6. The largest absolute Gasteiger partial charge is 0.481 e. The summed E-state index contributed by atoms with van der Waals surface area (Å²) in [4.78, 5) is 31.9. The number of ketones is 1. The number of hydrogen-bond donors (Lipinski definition) is 3. The number of carbonyl (C=O) groups excluding carboxylic acids is 1. The number of carbonyl (C=O) groups is 3. The Balaban J connectivity index is -0.000000506. The lowest BCUT2D eigenvalue weighted by Crippen LogP contribution is -2.38. The van der Waals surface area contributed by atoms with Crippen LogP contribution in [0.25, 0.3) is 0 Å². The van der Waals surface area contributed by atoms with Gasteiger partial charge in [0.05, 0.1) is 6.04 Å². The van der Waals surface area contributed by atoms with Crippen molar-refractivity contribution in [2.45, 2.75) is 47.1 Å². The third-order valence-corrected chi connectivity index (χ3v) is 1.91. The molecule has 0 aromatic carbocycles. The number of carboxylic acids is 2. The second-order valence-electron chi connectivity index (χ2n) is 2.92. The van der Waals surface area contributed by atoms with Crippen molar-refractivity contribution >= 4 is 17.7 Å². The molecule has 1 unspecified atom stereocenters. The van der Waals surface area contributed by atoms with Crippen LogP contribution >= 0.6 is 0 Å². The lowest BCUT2D eigenvalue weighted by atomic mass is 9.98. The number of aliphatic carboxylic acids is 2. The van der Waals surface area contributed by atoms with Crippen LogP contribution in [0.1, 0.15) is 41.0 Å². The molecular formula is C12H25NO5. The van der Waals surface area contributed by atoms with E-state index >= 15 is 0 Å². The summed E-state index contributed by atoms with van der Waals surface area (Å²) in [6.45, 7) is 9.28. The Labute approximate surface area is 108 Å². The van der Waals surface area contributed by atoms with Crippen LogP contribution in [0.5, 0.6) is 0 Å². The number of likely N-dealkylation sites (N-methyl/N-ethyl adjacent to an activating group) is 1. The van der Waals surface area contributed by atoms with Gasteiger partial charge in [0.15, 0.2) is 5.92 Å². The van der Waals surface area contributed by atoms with Gasteiger partial charge in [-0.15, -0.1) is 0 Å². The number of nitrogens with one attached hydrogen (secondary N) is 1. The van der Waals surface area contributed by atoms with E-state index in [1.807, 2.05) is 27.7 Å². The molecule has 0 aliphatic heterocycles. The minimum absolute atomic E-state index is 0.240. The first kappa shape index (κ1) is 21.8. The summed E-state index contributed by atoms with van der Waals surface area (Å²) in [5, 5.41) is 19.7. The molecule has 0 amide bonds. The van der Waals surface area contributed by atoms with E-state index in [1.165, 1.54) is 14.0 Å². The minimum atomic E-state index is -1.55.